The summed E-state index contributed by atoms with van der Waals surface area (Å²) >= 11 is 0. The molecular formula is C6H6N4O4S2. The van der Waals surface area contributed by atoms with Crippen molar-refractivity contribution in [2.75, 3.05) is 0 Å². The van der Waals surface area contributed by atoms with Gasteiger partial charge in [-0.2, -0.15) is 27.9 Å². The van der Waals surface area contributed by atoms with Gasteiger partial charge in [-0.25, -0.2) is 0 Å². The summed E-state index contributed by atoms with van der Waals surface area (Å²) in [6.45, 7) is 0. The van der Waals surface area contributed by atoms with Gasteiger partial charge in [0.25, 0.3) is 0 Å². The minimum atomic E-state index is -4.35. The van der Waals surface area contributed by atoms with Gasteiger partial charge >= 0.3 is 20.0 Å². The molecule has 0 atom stereocenters. The molecule has 0 aliphatic carbocycles. The molecule has 0 aliphatic heterocycles. The molecule has 0 saturated carbocycles. The molecule has 0 aromatic heterocycles. The Morgan fingerprint density at radius 1 is 0.812 bits per heavy atom. The predicted octanol–water partition coefficient (Wildman–Crippen LogP) is 1.13. The average Bonchev–Trinajstić information content (AvgIpc) is 2.29. The second kappa shape index (κ2) is 4.06. The van der Waals surface area contributed by atoms with Crippen molar-refractivity contribution in [2.24, 2.45) is 9.04 Å². The van der Waals surface area contributed by atoms with Gasteiger partial charge in [0.1, 0.15) is 9.79 Å². The van der Waals surface area contributed by atoms with Crippen LogP contribution in [0.4, 0.5) is 0 Å². The van der Waals surface area contributed by atoms with E-state index in [4.69, 9.17) is 11.1 Å². The van der Waals surface area contributed by atoms with E-state index in [1.165, 1.54) is 12.1 Å². The van der Waals surface area contributed by atoms with Crippen LogP contribution in [0.5, 0.6) is 0 Å². The number of nitrogens with zero attached hydrogens (tertiary/aromatic N) is 2. The van der Waals surface area contributed by atoms with E-state index < -0.39 is 29.8 Å². The first-order valence-corrected chi connectivity index (χ1v) is 6.59. The molecule has 8 nitrogen and oxygen atoms in total. The fraction of sp³-hybridized carbons (Fsp3) is 0. The summed E-state index contributed by atoms with van der Waals surface area (Å²) in [5.41, 5.74) is 12.9. The maximum absolute atomic E-state index is 11.3. The molecule has 0 bridgehead atoms. The first kappa shape index (κ1) is 12.4. The van der Waals surface area contributed by atoms with E-state index in [1.54, 1.807) is 0 Å². The fourth-order valence-electron chi connectivity index (χ4n) is 0.975. The Hall–Kier alpha value is -1.68. The topological polar surface area (TPSA) is 141 Å². The second-order valence-corrected chi connectivity index (χ2v) is 5.72. The lowest BCUT2D eigenvalue weighted by molar-refractivity contribution is 0.580. The molecule has 1 aromatic rings. The fourth-order valence-corrected chi connectivity index (χ4v) is 2.95. The van der Waals surface area contributed by atoms with Crippen LogP contribution < -0.4 is 0 Å². The van der Waals surface area contributed by atoms with Crippen molar-refractivity contribution < 1.29 is 16.8 Å². The molecule has 0 amide bonds. The number of hydrogen-bond acceptors (Lipinski definition) is 6. The monoisotopic (exact) mass is 262 g/mol. The summed E-state index contributed by atoms with van der Waals surface area (Å²) in [7, 11) is -8.71. The molecule has 0 radical (unpaired) electrons. The Bertz CT molecular complexity index is 577. The molecule has 10 heteroatoms. The van der Waals surface area contributed by atoms with E-state index in [1.807, 2.05) is 0 Å². The van der Waals surface area contributed by atoms with Gasteiger partial charge in [0.15, 0.2) is 0 Å². The summed E-state index contributed by atoms with van der Waals surface area (Å²) in [4.78, 5) is -1.33. The first-order valence-electron chi connectivity index (χ1n) is 3.71. The quantitative estimate of drug-likeness (QED) is 0.784. The summed E-state index contributed by atoms with van der Waals surface area (Å²) in [5.74, 6) is 0. The molecule has 0 fully saturated rings. The number of sulfonamides is 2. The van der Waals surface area contributed by atoms with Crippen LogP contribution in [0.2, 0.25) is 0 Å². The Morgan fingerprint density at radius 3 is 1.38 bits per heavy atom. The lowest BCUT2D eigenvalue weighted by Crippen LogP contribution is -2.05. The van der Waals surface area contributed by atoms with Crippen molar-refractivity contribution in [3.05, 3.63) is 24.3 Å². The normalized spacial score (nSPS) is 12.0. The zero-order valence-corrected chi connectivity index (χ0v) is 9.29. The van der Waals surface area contributed by atoms with Gasteiger partial charge in [-0.1, -0.05) is 21.2 Å². The third-order valence-electron chi connectivity index (χ3n) is 1.65. The van der Waals surface area contributed by atoms with Crippen molar-refractivity contribution in [1.82, 2.24) is 0 Å². The molecule has 0 spiro atoms. The number of nitrogens with one attached hydrogen (secondary N) is 2. The third kappa shape index (κ3) is 2.12. The highest BCUT2D eigenvalue weighted by atomic mass is 32.2. The van der Waals surface area contributed by atoms with E-state index in [-0.39, 0.29) is 0 Å². The Morgan fingerprint density at radius 2 is 1.12 bits per heavy atom. The largest absolute Gasteiger partial charge is 0.300 e. The molecule has 0 aliphatic rings. The Labute approximate surface area is 91.4 Å². The Balaban J connectivity index is 3.69. The third-order valence-corrected chi connectivity index (χ3v) is 4.08. The van der Waals surface area contributed by atoms with Crippen molar-refractivity contribution in [2.45, 2.75) is 9.79 Å². The lowest BCUT2D eigenvalue weighted by Gasteiger charge is -2.02. The average molecular weight is 262 g/mol. The van der Waals surface area contributed by atoms with Gasteiger partial charge in [-0.05, 0) is 12.1 Å². The van der Waals surface area contributed by atoms with E-state index in [0.29, 0.717) is 0 Å². The van der Waals surface area contributed by atoms with Gasteiger partial charge < -0.3 is 0 Å². The van der Waals surface area contributed by atoms with Crippen molar-refractivity contribution in [1.29, 1.82) is 11.1 Å². The van der Waals surface area contributed by atoms with E-state index in [0.717, 1.165) is 12.1 Å². The molecule has 0 saturated heterocycles. The van der Waals surface area contributed by atoms with Gasteiger partial charge in [-0.15, -0.1) is 0 Å². The van der Waals surface area contributed by atoms with E-state index >= 15 is 0 Å². The predicted molar refractivity (Wildman–Crippen MR) is 51.1 cm³/mol. The van der Waals surface area contributed by atoms with Crippen LogP contribution in [0.25, 0.3) is 0 Å². The van der Waals surface area contributed by atoms with E-state index in [2.05, 4.69) is 9.04 Å². The highest BCUT2D eigenvalue weighted by Crippen LogP contribution is 2.23. The lowest BCUT2D eigenvalue weighted by atomic mass is 10.4. The zero-order valence-electron chi connectivity index (χ0n) is 7.65. The first-order chi connectivity index (χ1) is 7.35. The highest BCUT2D eigenvalue weighted by Gasteiger charge is 2.25. The van der Waals surface area contributed by atoms with E-state index in [9.17, 15) is 16.8 Å². The highest BCUT2D eigenvalue weighted by molar-refractivity contribution is 7.93. The van der Waals surface area contributed by atoms with Gasteiger partial charge in [0.2, 0.25) is 0 Å². The molecule has 86 valence electrons. The van der Waals surface area contributed by atoms with Gasteiger partial charge in [-0.3, -0.25) is 0 Å². The van der Waals surface area contributed by atoms with Crippen LogP contribution >= 0.6 is 0 Å². The minimum absolute atomic E-state index is 0.666. The van der Waals surface area contributed by atoms with Crippen LogP contribution in [-0.2, 0) is 20.0 Å². The number of hydrogen-bond donors (Lipinski definition) is 2. The van der Waals surface area contributed by atoms with Crippen LogP contribution in [0.1, 0.15) is 0 Å². The minimum Gasteiger partial charge on any atom is -0.198 e. The maximum Gasteiger partial charge on any atom is 0.300 e. The SMILES string of the molecule is N=NS(=O)(=O)c1ccccc1S(=O)(=O)N=N. The van der Waals surface area contributed by atoms with Crippen LogP contribution in [0.3, 0.4) is 0 Å². The summed E-state index contributed by atoms with van der Waals surface area (Å²) in [6, 6.07) is 4.51. The molecule has 2 N–H and O–H groups in total. The summed E-state index contributed by atoms with van der Waals surface area (Å²) in [5, 5.41) is 0. The smallest absolute Gasteiger partial charge is 0.198 e. The number of benzene rings is 1. The molecule has 1 aromatic carbocycles. The molecule has 0 heterocycles. The molecule has 1 rings (SSSR count). The summed E-state index contributed by atoms with van der Waals surface area (Å²) < 4.78 is 49.8. The molecule has 0 unspecified atom stereocenters. The summed E-state index contributed by atoms with van der Waals surface area (Å²) in [6.07, 6.45) is 0. The molecular weight excluding hydrogens is 256 g/mol. The van der Waals surface area contributed by atoms with Crippen molar-refractivity contribution >= 4 is 20.0 Å². The number of rotatable bonds is 4. The Kier molecular flexibility index (Phi) is 3.14. The van der Waals surface area contributed by atoms with Crippen molar-refractivity contribution in [3.8, 4) is 0 Å². The van der Waals surface area contributed by atoms with Gasteiger partial charge in [0, 0.05) is 0 Å². The van der Waals surface area contributed by atoms with Crippen LogP contribution in [-0.4, -0.2) is 16.8 Å². The molecule has 16 heavy (non-hydrogen) atoms. The van der Waals surface area contributed by atoms with Gasteiger partial charge in [0.05, 0.1) is 0 Å². The van der Waals surface area contributed by atoms with Crippen molar-refractivity contribution in [3.63, 3.8) is 0 Å². The maximum atomic E-state index is 11.3. The second-order valence-electron chi connectivity index (χ2n) is 2.58. The standard InChI is InChI=1S/C6H6N4O4S2/c7-9-15(11,12)5-3-1-2-4-6(5)16(13,14)10-8/h1-4,7-8H. The van der Waals surface area contributed by atoms with Crippen LogP contribution in [0, 0.1) is 11.1 Å². The zero-order chi connectivity index (χ0) is 12.4. The van der Waals surface area contributed by atoms with Crippen LogP contribution in [0.15, 0.2) is 43.1 Å².